The highest BCUT2D eigenvalue weighted by molar-refractivity contribution is 6.74. The van der Waals surface area contributed by atoms with E-state index in [1.54, 1.807) is 0 Å². The smallest absolute Gasteiger partial charge is 0.192 e. The van der Waals surface area contributed by atoms with Crippen LogP contribution in [0.15, 0.2) is 0 Å². The zero-order valence-electron chi connectivity index (χ0n) is 16.6. The largest absolute Gasteiger partial charge is 0.414 e. The third-order valence-electron chi connectivity index (χ3n) is 5.49. The fraction of sp³-hybridized carbons (Fsp3) is 1.00. The summed E-state index contributed by atoms with van der Waals surface area (Å²) in [6.07, 6.45) is 0.592. The summed E-state index contributed by atoms with van der Waals surface area (Å²) in [6, 6.07) is 0. The maximum atomic E-state index is 10.5. The topological polar surface area (TPSA) is 47.9 Å². The Morgan fingerprint density at radius 3 is 2.26 bits per heavy atom. The number of aliphatic hydroxyl groups excluding tert-OH is 1. The maximum Gasteiger partial charge on any atom is 0.192 e. The summed E-state index contributed by atoms with van der Waals surface area (Å²) in [7, 11) is -1.80. The zero-order chi connectivity index (χ0) is 18.1. The van der Waals surface area contributed by atoms with Crippen LogP contribution < -0.4 is 0 Å². The van der Waals surface area contributed by atoms with Gasteiger partial charge in [0.25, 0.3) is 0 Å². The van der Waals surface area contributed by atoms with Crippen molar-refractivity contribution in [1.82, 2.24) is 0 Å². The average molecular weight is 347 g/mol. The average Bonchev–Trinajstić information content (AvgIpc) is 2.75. The Hall–Kier alpha value is 0.0569. The van der Waals surface area contributed by atoms with E-state index in [9.17, 15) is 5.11 Å². The lowest BCUT2D eigenvalue weighted by atomic mass is 9.90. The molecule has 1 aliphatic rings. The predicted molar refractivity (Wildman–Crippen MR) is 97.0 cm³/mol. The van der Waals surface area contributed by atoms with E-state index >= 15 is 0 Å². The van der Waals surface area contributed by atoms with Crippen LogP contribution in [0.25, 0.3) is 0 Å². The second kappa shape index (κ2) is 7.52. The van der Waals surface area contributed by atoms with Crippen molar-refractivity contribution in [3.8, 4) is 0 Å². The molecular formula is C18H38O4Si. The number of hydrogen-bond donors (Lipinski definition) is 1. The number of ether oxygens (including phenoxy) is 2. The van der Waals surface area contributed by atoms with E-state index in [0.29, 0.717) is 19.1 Å². The van der Waals surface area contributed by atoms with E-state index in [2.05, 4.69) is 47.7 Å². The second-order valence-electron chi connectivity index (χ2n) is 9.20. The van der Waals surface area contributed by atoms with Crippen LogP contribution in [0.1, 0.15) is 54.9 Å². The number of aliphatic hydroxyl groups is 1. The molecule has 1 aliphatic heterocycles. The molecule has 1 rings (SSSR count). The lowest BCUT2D eigenvalue weighted by Crippen LogP contribution is -2.43. The van der Waals surface area contributed by atoms with Crippen LogP contribution >= 0.6 is 0 Å². The lowest BCUT2D eigenvalue weighted by molar-refractivity contribution is -0.144. The minimum atomic E-state index is -1.80. The van der Waals surface area contributed by atoms with E-state index in [1.807, 2.05) is 13.8 Å². The SMILES string of the molecule is C[C@H](C[C@H](C)[C@H](O)CO[Si](C)(C)C(C)(C)C)[C@@H]1COC(C)(C)O1. The number of hydrogen-bond acceptors (Lipinski definition) is 4. The van der Waals surface area contributed by atoms with Gasteiger partial charge in [0.1, 0.15) is 0 Å². The quantitative estimate of drug-likeness (QED) is 0.702. The molecule has 0 bridgehead atoms. The Morgan fingerprint density at radius 1 is 1.26 bits per heavy atom. The van der Waals surface area contributed by atoms with Crippen molar-refractivity contribution in [3.05, 3.63) is 0 Å². The third kappa shape index (κ3) is 6.13. The molecule has 0 amide bonds. The maximum absolute atomic E-state index is 10.5. The van der Waals surface area contributed by atoms with E-state index in [-0.39, 0.29) is 17.1 Å². The monoisotopic (exact) mass is 346 g/mol. The molecule has 0 aliphatic carbocycles. The summed E-state index contributed by atoms with van der Waals surface area (Å²) in [5.41, 5.74) is 0. The third-order valence-corrected chi connectivity index (χ3v) is 9.99. The predicted octanol–water partition coefficient (Wildman–Crippen LogP) is 4.18. The Bertz CT molecular complexity index is 376. The summed E-state index contributed by atoms with van der Waals surface area (Å²) in [4.78, 5) is 0. The van der Waals surface area contributed by atoms with Crippen molar-refractivity contribution in [2.75, 3.05) is 13.2 Å². The summed E-state index contributed by atoms with van der Waals surface area (Å²) in [5.74, 6) is 0.0584. The molecule has 1 N–H and O–H groups in total. The first kappa shape index (κ1) is 21.1. The molecule has 0 aromatic heterocycles. The Morgan fingerprint density at radius 2 is 1.83 bits per heavy atom. The molecule has 1 heterocycles. The van der Waals surface area contributed by atoms with Gasteiger partial charge in [0.05, 0.1) is 25.4 Å². The Labute approximate surface area is 144 Å². The first-order valence-electron chi connectivity index (χ1n) is 8.89. The van der Waals surface area contributed by atoms with Crippen LogP contribution in [0.4, 0.5) is 0 Å². The molecule has 0 radical (unpaired) electrons. The van der Waals surface area contributed by atoms with Crippen LogP contribution in [-0.2, 0) is 13.9 Å². The summed E-state index contributed by atoms with van der Waals surface area (Å²) in [5, 5.41) is 10.6. The van der Waals surface area contributed by atoms with Gasteiger partial charge < -0.3 is 19.0 Å². The van der Waals surface area contributed by atoms with Gasteiger partial charge in [0.2, 0.25) is 0 Å². The molecule has 0 aromatic rings. The lowest BCUT2D eigenvalue weighted by Gasteiger charge is -2.37. The Kier molecular flexibility index (Phi) is 6.90. The van der Waals surface area contributed by atoms with Crippen LogP contribution in [-0.4, -0.2) is 44.6 Å². The molecular weight excluding hydrogens is 308 g/mol. The van der Waals surface area contributed by atoms with E-state index in [4.69, 9.17) is 13.9 Å². The van der Waals surface area contributed by atoms with Gasteiger partial charge in [0, 0.05) is 0 Å². The molecule has 0 spiro atoms. The van der Waals surface area contributed by atoms with Gasteiger partial charge >= 0.3 is 0 Å². The molecule has 1 saturated heterocycles. The van der Waals surface area contributed by atoms with Crippen molar-refractivity contribution in [2.24, 2.45) is 11.8 Å². The van der Waals surface area contributed by atoms with Crippen molar-refractivity contribution >= 4 is 8.32 Å². The molecule has 0 aromatic carbocycles. The van der Waals surface area contributed by atoms with Crippen LogP contribution in [0, 0.1) is 11.8 Å². The highest BCUT2D eigenvalue weighted by Crippen LogP contribution is 2.37. The molecule has 4 atom stereocenters. The minimum Gasteiger partial charge on any atom is -0.414 e. The summed E-state index contributed by atoms with van der Waals surface area (Å²) in [6.45, 7) is 20.3. The highest BCUT2D eigenvalue weighted by atomic mass is 28.4. The molecule has 1 fully saturated rings. The number of rotatable bonds is 7. The molecule has 0 saturated carbocycles. The van der Waals surface area contributed by atoms with Crippen molar-refractivity contribution in [1.29, 1.82) is 0 Å². The van der Waals surface area contributed by atoms with E-state index < -0.39 is 20.2 Å². The van der Waals surface area contributed by atoms with E-state index in [1.165, 1.54) is 0 Å². The summed E-state index contributed by atoms with van der Waals surface area (Å²) >= 11 is 0. The molecule has 138 valence electrons. The highest BCUT2D eigenvalue weighted by Gasteiger charge is 2.39. The van der Waals surface area contributed by atoms with Gasteiger partial charge in [-0.1, -0.05) is 34.6 Å². The van der Waals surface area contributed by atoms with Crippen LogP contribution in [0.2, 0.25) is 18.1 Å². The van der Waals surface area contributed by atoms with Gasteiger partial charge in [-0.15, -0.1) is 0 Å². The van der Waals surface area contributed by atoms with Crippen molar-refractivity contribution < 1.29 is 19.0 Å². The van der Waals surface area contributed by atoms with Gasteiger partial charge in [-0.05, 0) is 50.2 Å². The van der Waals surface area contributed by atoms with Crippen molar-refractivity contribution in [3.63, 3.8) is 0 Å². The normalized spacial score (nSPS) is 26.1. The molecule has 0 unspecified atom stereocenters. The molecule has 23 heavy (non-hydrogen) atoms. The van der Waals surface area contributed by atoms with Gasteiger partial charge in [-0.3, -0.25) is 0 Å². The van der Waals surface area contributed by atoms with E-state index in [0.717, 1.165) is 6.42 Å². The first-order valence-corrected chi connectivity index (χ1v) is 11.8. The van der Waals surface area contributed by atoms with Crippen LogP contribution in [0.5, 0.6) is 0 Å². The first-order chi connectivity index (χ1) is 10.3. The zero-order valence-corrected chi connectivity index (χ0v) is 17.6. The molecule has 4 nitrogen and oxygen atoms in total. The second-order valence-corrected chi connectivity index (χ2v) is 14.0. The van der Waals surface area contributed by atoms with Gasteiger partial charge in [0.15, 0.2) is 14.1 Å². The molecule has 5 heteroatoms. The summed E-state index contributed by atoms with van der Waals surface area (Å²) < 4.78 is 17.7. The van der Waals surface area contributed by atoms with Gasteiger partial charge in [-0.25, -0.2) is 0 Å². The van der Waals surface area contributed by atoms with Gasteiger partial charge in [-0.2, -0.15) is 0 Å². The van der Waals surface area contributed by atoms with Crippen molar-refractivity contribution in [2.45, 2.75) is 91.0 Å². The standard InChI is InChI=1S/C18H38O4Si/c1-13(10-14(2)16-12-20-18(6,7)22-16)15(19)11-21-23(8,9)17(3,4)5/h13-16,19H,10-12H2,1-9H3/t13-,14+,15+,16-/m0/s1. The fourth-order valence-electron chi connectivity index (χ4n) is 2.57. The fourth-order valence-corrected chi connectivity index (χ4v) is 3.59. The van der Waals surface area contributed by atoms with Crippen LogP contribution in [0.3, 0.4) is 0 Å². The Balaban J connectivity index is 2.44. The minimum absolute atomic E-state index is 0.112.